The molecule has 7 nitrogen and oxygen atoms in total. The number of ether oxygens (including phenoxy) is 1. The Bertz CT molecular complexity index is 1250. The number of carbonyl (C=O) groups excluding carboxylic acids is 1. The molecule has 1 saturated heterocycles. The van der Waals surface area contributed by atoms with Crippen molar-refractivity contribution in [3.05, 3.63) is 53.1 Å². The third kappa shape index (κ3) is 5.27. The molecule has 1 aliphatic heterocycles. The van der Waals surface area contributed by atoms with Gasteiger partial charge in [0.25, 0.3) is 5.91 Å². The molecule has 0 N–H and O–H groups in total. The van der Waals surface area contributed by atoms with Gasteiger partial charge >= 0.3 is 0 Å². The molecule has 0 saturated carbocycles. The fraction of sp³-hybridized carbons (Fsp3) is 0.417. The second-order valence-corrected chi connectivity index (χ2v) is 11.5. The average Bonchev–Trinajstić information content (AvgIpc) is 3.24. The van der Waals surface area contributed by atoms with Gasteiger partial charge < -0.3 is 4.74 Å². The number of aromatic nitrogens is 1. The van der Waals surface area contributed by atoms with Gasteiger partial charge in [-0.05, 0) is 55.3 Å². The third-order valence-electron chi connectivity index (χ3n) is 5.87. The van der Waals surface area contributed by atoms with Gasteiger partial charge in [-0.2, -0.15) is 0 Å². The highest BCUT2D eigenvalue weighted by atomic mass is 32.2. The lowest BCUT2D eigenvalue weighted by molar-refractivity contribution is 0.0391. The van der Waals surface area contributed by atoms with E-state index in [4.69, 9.17) is 9.72 Å². The smallest absolute Gasteiger partial charge is 0.260 e. The molecule has 2 aromatic carbocycles. The molecule has 9 heteroatoms. The number of fused-ring (bicyclic) bond motifs is 1. The van der Waals surface area contributed by atoms with Gasteiger partial charge in [0.1, 0.15) is 0 Å². The summed E-state index contributed by atoms with van der Waals surface area (Å²) in [5.74, 6) is -0.159. The summed E-state index contributed by atoms with van der Waals surface area (Å²) < 4.78 is 30.8. The predicted molar refractivity (Wildman–Crippen MR) is 132 cm³/mol. The quantitative estimate of drug-likeness (QED) is 0.506. The Morgan fingerprint density at radius 3 is 2.52 bits per heavy atom. The van der Waals surface area contributed by atoms with E-state index in [2.05, 4.69) is 17.9 Å². The molecule has 1 fully saturated rings. The monoisotopic (exact) mass is 487 g/mol. The summed E-state index contributed by atoms with van der Waals surface area (Å²) in [6, 6.07) is 10.4. The molecular weight excluding hydrogens is 458 g/mol. The van der Waals surface area contributed by atoms with E-state index in [-0.39, 0.29) is 16.6 Å². The number of morpholine rings is 1. The zero-order valence-electron chi connectivity index (χ0n) is 19.2. The van der Waals surface area contributed by atoms with E-state index in [1.54, 1.807) is 24.0 Å². The molecule has 0 spiro atoms. The van der Waals surface area contributed by atoms with Crippen molar-refractivity contribution in [1.82, 2.24) is 9.88 Å². The van der Waals surface area contributed by atoms with Crippen molar-refractivity contribution < 1.29 is 17.9 Å². The molecule has 0 atom stereocenters. The number of sulfone groups is 1. The maximum Gasteiger partial charge on any atom is 0.260 e. The van der Waals surface area contributed by atoms with Crippen LogP contribution in [0.3, 0.4) is 0 Å². The molecule has 1 aromatic heterocycles. The first-order chi connectivity index (χ1) is 15.8. The molecule has 2 heterocycles. The van der Waals surface area contributed by atoms with Crippen LogP contribution in [-0.2, 0) is 14.6 Å². The third-order valence-corrected chi connectivity index (χ3v) is 8.85. The average molecular weight is 488 g/mol. The summed E-state index contributed by atoms with van der Waals surface area (Å²) in [6.45, 7) is 9.98. The lowest BCUT2D eigenvalue weighted by atomic mass is 10.1. The maximum atomic E-state index is 13.6. The number of anilines is 1. The molecule has 3 aromatic rings. The number of benzene rings is 2. The van der Waals surface area contributed by atoms with Gasteiger partial charge in [-0.1, -0.05) is 24.3 Å². The van der Waals surface area contributed by atoms with E-state index in [0.29, 0.717) is 37.0 Å². The van der Waals surface area contributed by atoms with Crippen LogP contribution in [0.2, 0.25) is 0 Å². The summed E-state index contributed by atoms with van der Waals surface area (Å²) in [7, 11) is -3.32. The van der Waals surface area contributed by atoms with Crippen LogP contribution < -0.4 is 4.90 Å². The molecule has 1 amide bonds. The van der Waals surface area contributed by atoms with Crippen molar-refractivity contribution in [2.24, 2.45) is 0 Å². The Hall–Kier alpha value is -2.33. The molecule has 0 unspecified atom stereocenters. The van der Waals surface area contributed by atoms with Gasteiger partial charge in [-0.15, -0.1) is 0 Å². The number of thiazole rings is 1. The Morgan fingerprint density at radius 1 is 1.15 bits per heavy atom. The number of hydrogen-bond donors (Lipinski definition) is 0. The van der Waals surface area contributed by atoms with Crippen LogP contribution in [0.4, 0.5) is 5.13 Å². The van der Waals surface area contributed by atoms with Gasteiger partial charge in [0.15, 0.2) is 15.0 Å². The van der Waals surface area contributed by atoms with E-state index in [1.165, 1.54) is 23.5 Å². The minimum absolute atomic E-state index is 0.0242. The Kier molecular flexibility index (Phi) is 7.13. The molecular formula is C24H29N3O4S2. The van der Waals surface area contributed by atoms with Crippen LogP contribution in [0.5, 0.6) is 0 Å². The first-order valence-electron chi connectivity index (χ1n) is 11.1. The summed E-state index contributed by atoms with van der Waals surface area (Å²) in [4.78, 5) is 22.6. The zero-order chi connectivity index (χ0) is 23.6. The van der Waals surface area contributed by atoms with Gasteiger partial charge in [0.2, 0.25) is 0 Å². The second kappa shape index (κ2) is 9.89. The Balaban J connectivity index is 1.66. The lowest BCUT2D eigenvalue weighted by Crippen LogP contribution is -2.43. The molecule has 1 aliphatic rings. The molecule has 33 heavy (non-hydrogen) atoms. The van der Waals surface area contributed by atoms with Crippen LogP contribution in [0.25, 0.3) is 10.2 Å². The van der Waals surface area contributed by atoms with Crippen LogP contribution in [-0.4, -0.2) is 69.4 Å². The Labute approximate surface area is 198 Å². The van der Waals surface area contributed by atoms with E-state index >= 15 is 0 Å². The van der Waals surface area contributed by atoms with Gasteiger partial charge in [-0.3, -0.25) is 14.6 Å². The number of aryl methyl sites for hydroxylation is 2. The van der Waals surface area contributed by atoms with Crippen molar-refractivity contribution in [2.45, 2.75) is 25.7 Å². The fourth-order valence-electron chi connectivity index (χ4n) is 3.96. The largest absolute Gasteiger partial charge is 0.379 e. The number of carbonyl (C=O) groups is 1. The first kappa shape index (κ1) is 23.8. The number of nitrogens with zero attached hydrogens (tertiary/aromatic N) is 3. The maximum absolute atomic E-state index is 13.6. The summed E-state index contributed by atoms with van der Waals surface area (Å²) in [5, 5.41) is 0.655. The number of hydrogen-bond acceptors (Lipinski definition) is 7. The molecule has 0 aliphatic carbocycles. The van der Waals surface area contributed by atoms with Crippen molar-refractivity contribution in [3.63, 3.8) is 0 Å². The van der Waals surface area contributed by atoms with E-state index in [0.717, 1.165) is 34.4 Å². The summed E-state index contributed by atoms with van der Waals surface area (Å²) >= 11 is 1.52. The zero-order valence-corrected chi connectivity index (χ0v) is 20.8. The van der Waals surface area contributed by atoms with E-state index in [9.17, 15) is 13.2 Å². The molecule has 0 radical (unpaired) electrons. The minimum Gasteiger partial charge on any atom is -0.379 e. The van der Waals surface area contributed by atoms with Crippen LogP contribution in [0.15, 0.2) is 41.3 Å². The van der Waals surface area contributed by atoms with Gasteiger partial charge in [-0.25, -0.2) is 13.4 Å². The molecule has 4 rings (SSSR count). The number of amides is 1. The normalized spacial score (nSPS) is 15.1. The topological polar surface area (TPSA) is 79.8 Å². The van der Waals surface area contributed by atoms with Crippen molar-refractivity contribution in [1.29, 1.82) is 0 Å². The molecule has 176 valence electrons. The number of rotatable bonds is 7. The molecule has 0 bridgehead atoms. The highest BCUT2D eigenvalue weighted by Gasteiger charge is 2.24. The second-order valence-electron chi connectivity index (χ2n) is 8.27. The van der Waals surface area contributed by atoms with Gasteiger partial charge in [0.05, 0.1) is 34.1 Å². The minimum atomic E-state index is -3.32. The van der Waals surface area contributed by atoms with E-state index in [1.807, 2.05) is 13.0 Å². The Morgan fingerprint density at radius 2 is 1.85 bits per heavy atom. The fourth-order valence-corrected chi connectivity index (χ4v) is 5.88. The highest BCUT2D eigenvalue weighted by molar-refractivity contribution is 7.91. The van der Waals surface area contributed by atoms with Crippen LogP contribution >= 0.6 is 11.3 Å². The lowest BCUT2D eigenvalue weighted by Gasteiger charge is -2.29. The SMILES string of the molecule is CCS(=O)(=O)c1ccc(C(=O)N(CCN2CCOCC2)c2nc3cc(C)cc(C)c3s2)cc1. The van der Waals surface area contributed by atoms with Gasteiger partial charge in [0, 0.05) is 31.7 Å². The van der Waals surface area contributed by atoms with Crippen molar-refractivity contribution >= 4 is 42.4 Å². The first-order valence-corrected chi connectivity index (χ1v) is 13.6. The van der Waals surface area contributed by atoms with E-state index < -0.39 is 9.84 Å². The highest BCUT2D eigenvalue weighted by Crippen LogP contribution is 2.33. The van der Waals surface area contributed by atoms with Crippen molar-refractivity contribution in [3.8, 4) is 0 Å². The summed E-state index contributed by atoms with van der Waals surface area (Å²) in [6.07, 6.45) is 0. The summed E-state index contributed by atoms with van der Waals surface area (Å²) in [5.41, 5.74) is 3.61. The van der Waals surface area contributed by atoms with Crippen LogP contribution in [0, 0.1) is 13.8 Å². The van der Waals surface area contributed by atoms with Crippen LogP contribution in [0.1, 0.15) is 28.4 Å². The predicted octanol–water partition coefficient (Wildman–Crippen LogP) is 3.69. The standard InChI is InChI=1S/C24H29N3O4S2/c1-4-33(29,30)20-7-5-19(6-8-20)23(28)27(10-9-26-11-13-31-14-12-26)24-25-21-16-17(2)15-18(3)22(21)32-24/h5-8,15-16H,4,9-14H2,1-3H3. The van der Waals surface area contributed by atoms with Crippen molar-refractivity contribution in [2.75, 3.05) is 50.0 Å².